The summed E-state index contributed by atoms with van der Waals surface area (Å²) in [7, 11) is -1.60. The molecule has 1 amide bonds. The van der Waals surface area contributed by atoms with E-state index < -0.39 is 10.0 Å². The molecule has 1 aromatic carbocycles. The zero-order valence-electron chi connectivity index (χ0n) is 21.1. The fourth-order valence-corrected chi connectivity index (χ4v) is 5.56. The molecule has 4 heterocycles. The molecule has 0 radical (unpaired) electrons. The Morgan fingerprint density at radius 2 is 1.97 bits per heavy atom. The molecular weight excluding hydrogens is 496 g/mol. The average Bonchev–Trinajstić information content (AvgIpc) is 3.49. The lowest BCUT2D eigenvalue weighted by Gasteiger charge is -2.35. The van der Waals surface area contributed by atoms with E-state index in [1.807, 2.05) is 31.3 Å². The fraction of sp³-hybridized carbons (Fsp3) is 0.400. The number of piperazine rings is 1. The molecular formula is C25H30N6O5S. The Hall–Kier alpha value is -3.64. The first-order valence-corrected chi connectivity index (χ1v) is 13.9. The number of amides is 1. The number of carbonyl (C=O) groups excluding carboxylic acids is 1. The summed E-state index contributed by atoms with van der Waals surface area (Å²) in [5, 5.41) is 7.25. The minimum Gasteiger partial charge on any atom is -0.495 e. The quantitative estimate of drug-likeness (QED) is 0.463. The Morgan fingerprint density at radius 1 is 1.22 bits per heavy atom. The van der Waals surface area contributed by atoms with E-state index in [0.29, 0.717) is 62.2 Å². The topological polar surface area (TPSA) is 118 Å². The molecule has 2 saturated heterocycles. The Bertz CT molecular complexity index is 1480. The zero-order chi connectivity index (χ0) is 26.3. The third kappa shape index (κ3) is 4.98. The summed E-state index contributed by atoms with van der Waals surface area (Å²) in [6, 6.07) is 5.81. The van der Waals surface area contributed by atoms with Crippen molar-refractivity contribution in [3.63, 3.8) is 0 Å². The average molecular weight is 527 g/mol. The first-order chi connectivity index (χ1) is 17.6. The molecule has 0 unspecified atom stereocenters. The van der Waals surface area contributed by atoms with Crippen molar-refractivity contribution in [1.29, 1.82) is 0 Å². The number of nitrogens with zero attached hydrogens (tertiary/aromatic N) is 5. The second-order valence-electron chi connectivity index (χ2n) is 9.36. The number of nitrogens with one attached hydrogen (secondary N) is 1. The number of rotatable bonds is 7. The molecule has 12 heteroatoms. The van der Waals surface area contributed by atoms with Gasteiger partial charge in [0, 0.05) is 56.2 Å². The first kappa shape index (κ1) is 25.0. The van der Waals surface area contributed by atoms with Gasteiger partial charge in [-0.1, -0.05) is 12.6 Å². The summed E-state index contributed by atoms with van der Waals surface area (Å²) in [6.45, 7) is 8.45. The van der Waals surface area contributed by atoms with Gasteiger partial charge in [0.1, 0.15) is 17.0 Å². The van der Waals surface area contributed by atoms with Crippen LogP contribution in [-0.2, 0) is 14.8 Å². The molecule has 2 aliphatic rings. The van der Waals surface area contributed by atoms with Crippen molar-refractivity contribution < 1.29 is 22.7 Å². The molecule has 11 nitrogen and oxygen atoms in total. The van der Waals surface area contributed by atoms with Crippen LogP contribution in [0, 0.1) is 12.8 Å². The van der Waals surface area contributed by atoms with Crippen molar-refractivity contribution in [2.45, 2.75) is 13.3 Å². The van der Waals surface area contributed by atoms with E-state index in [9.17, 15) is 13.2 Å². The van der Waals surface area contributed by atoms with Crippen molar-refractivity contribution in [3.8, 4) is 22.9 Å². The molecule has 2 fully saturated rings. The highest BCUT2D eigenvalue weighted by Gasteiger charge is 2.27. The van der Waals surface area contributed by atoms with E-state index in [4.69, 9.17) is 14.5 Å². The Morgan fingerprint density at radius 3 is 2.62 bits per heavy atom. The Kier molecular flexibility index (Phi) is 6.54. The molecule has 0 saturated carbocycles. The third-order valence-electron chi connectivity index (χ3n) is 6.83. The highest BCUT2D eigenvalue weighted by Crippen LogP contribution is 2.35. The van der Waals surface area contributed by atoms with E-state index in [-0.39, 0.29) is 11.8 Å². The van der Waals surface area contributed by atoms with Crippen molar-refractivity contribution in [2.24, 2.45) is 5.92 Å². The summed E-state index contributed by atoms with van der Waals surface area (Å²) < 4.78 is 38.8. The fourth-order valence-electron chi connectivity index (χ4n) is 4.73. The van der Waals surface area contributed by atoms with Crippen LogP contribution in [0.25, 0.3) is 16.8 Å². The minimum atomic E-state index is -3.21. The normalized spacial score (nSPS) is 18.7. The summed E-state index contributed by atoms with van der Waals surface area (Å²) in [5.41, 5.74) is 3.96. The second-order valence-corrected chi connectivity index (χ2v) is 11.3. The van der Waals surface area contributed by atoms with Gasteiger partial charge in [-0.3, -0.25) is 4.79 Å². The SMILES string of the molecule is C=C(Oc1nc(-c2ccc(N3CCN(S(C)(=O)=O)CC3)c(OC)c2)cn2ncc(C)c12)[C@H]1CNC(=O)C1. The van der Waals surface area contributed by atoms with Gasteiger partial charge in [-0.25, -0.2) is 17.9 Å². The predicted octanol–water partition coefficient (Wildman–Crippen LogP) is 1.82. The number of carbonyl (C=O) groups is 1. The molecule has 37 heavy (non-hydrogen) atoms. The van der Waals surface area contributed by atoms with E-state index >= 15 is 0 Å². The number of hydrogen-bond acceptors (Lipinski definition) is 8. The van der Waals surface area contributed by atoms with Gasteiger partial charge in [0.05, 0.1) is 37.1 Å². The number of fused-ring (bicyclic) bond motifs is 1. The molecule has 5 rings (SSSR count). The van der Waals surface area contributed by atoms with Gasteiger partial charge >= 0.3 is 0 Å². The van der Waals surface area contributed by atoms with Crippen molar-refractivity contribution in [1.82, 2.24) is 24.2 Å². The van der Waals surface area contributed by atoms with Crippen LogP contribution >= 0.6 is 0 Å². The molecule has 1 N–H and O–H groups in total. The lowest BCUT2D eigenvalue weighted by Crippen LogP contribution is -2.48. The monoisotopic (exact) mass is 526 g/mol. The molecule has 196 valence electrons. The van der Waals surface area contributed by atoms with Crippen LogP contribution in [0.2, 0.25) is 0 Å². The van der Waals surface area contributed by atoms with Crippen LogP contribution in [0.1, 0.15) is 12.0 Å². The van der Waals surface area contributed by atoms with Crippen LogP contribution in [0.3, 0.4) is 0 Å². The number of hydrogen-bond donors (Lipinski definition) is 1. The van der Waals surface area contributed by atoms with Crippen LogP contribution < -0.4 is 19.7 Å². The summed E-state index contributed by atoms with van der Waals surface area (Å²) in [4.78, 5) is 18.6. The first-order valence-electron chi connectivity index (χ1n) is 12.0. The maximum Gasteiger partial charge on any atom is 0.246 e. The van der Waals surface area contributed by atoms with Gasteiger partial charge in [0.2, 0.25) is 21.8 Å². The highest BCUT2D eigenvalue weighted by atomic mass is 32.2. The van der Waals surface area contributed by atoms with Gasteiger partial charge in [0.25, 0.3) is 0 Å². The number of ether oxygens (including phenoxy) is 2. The second kappa shape index (κ2) is 9.67. The van der Waals surface area contributed by atoms with Crippen molar-refractivity contribution in [3.05, 3.63) is 48.5 Å². The van der Waals surface area contributed by atoms with E-state index in [2.05, 4.69) is 21.9 Å². The number of aryl methyl sites for hydroxylation is 1. The smallest absolute Gasteiger partial charge is 0.246 e. The lowest BCUT2D eigenvalue weighted by molar-refractivity contribution is -0.119. The van der Waals surface area contributed by atoms with Crippen LogP contribution in [-0.4, -0.2) is 79.3 Å². The minimum absolute atomic E-state index is 0.0212. The largest absolute Gasteiger partial charge is 0.495 e. The Balaban J connectivity index is 1.44. The summed E-state index contributed by atoms with van der Waals surface area (Å²) in [5.74, 6) is 1.37. The van der Waals surface area contributed by atoms with Gasteiger partial charge in [0.15, 0.2) is 0 Å². The van der Waals surface area contributed by atoms with E-state index in [0.717, 1.165) is 22.3 Å². The number of anilines is 1. The standard InChI is InChI=1S/C25H30N6O5S/c1-16-13-27-31-15-20(28-25(24(16)31)36-17(2)19-12-23(32)26-14-19)18-5-6-21(22(11-18)35-3)29-7-9-30(10-8-29)37(4,33)34/h5-6,11,13,15,19H,2,7-10,12,14H2,1,3-4H3,(H,26,32)/t19-/m1/s1. The molecule has 2 aliphatic heterocycles. The zero-order valence-corrected chi connectivity index (χ0v) is 21.9. The van der Waals surface area contributed by atoms with E-state index in [1.54, 1.807) is 17.8 Å². The molecule has 1 atom stereocenters. The maximum absolute atomic E-state index is 11.9. The number of methoxy groups -OCH3 is 1. The third-order valence-corrected chi connectivity index (χ3v) is 8.14. The van der Waals surface area contributed by atoms with Crippen LogP contribution in [0.4, 0.5) is 5.69 Å². The molecule has 0 spiro atoms. The number of sulfonamides is 1. The van der Waals surface area contributed by atoms with Crippen LogP contribution in [0.5, 0.6) is 11.6 Å². The van der Waals surface area contributed by atoms with Crippen LogP contribution in [0.15, 0.2) is 42.9 Å². The Labute approximate surface area is 215 Å². The van der Waals surface area contributed by atoms with Gasteiger partial charge in [-0.05, 0) is 19.1 Å². The predicted molar refractivity (Wildman–Crippen MR) is 139 cm³/mol. The van der Waals surface area contributed by atoms with Gasteiger partial charge in [-0.15, -0.1) is 0 Å². The van der Waals surface area contributed by atoms with Gasteiger partial charge < -0.3 is 19.7 Å². The number of aromatic nitrogens is 3. The van der Waals surface area contributed by atoms with Gasteiger partial charge in [-0.2, -0.15) is 9.40 Å². The van der Waals surface area contributed by atoms with Crippen molar-refractivity contribution >= 4 is 27.1 Å². The molecule has 0 aliphatic carbocycles. The maximum atomic E-state index is 11.9. The molecule has 2 aromatic heterocycles. The van der Waals surface area contributed by atoms with Crippen molar-refractivity contribution in [2.75, 3.05) is 51.0 Å². The highest BCUT2D eigenvalue weighted by molar-refractivity contribution is 7.88. The number of benzene rings is 1. The lowest BCUT2D eigenvalue weighted by atomic mass is 10.1. The molecule has 3 aromatic rings. The van der Waals surface area contributed by atoms with E-state index in [1.165, 1.54) is 10.6 Å². The summed E-state index contributed by atoms with van der Waals surface area (Å²) in [6.07, 6.45) is 5.15. The summed E-state index contributed by atoms with van der Waals surface area (Å²) >= 11 is 0. The molecule has 0 bridgehead atoms.